The SMILES string of the molecule is COc1ccc(C(NC(C)c2ccc(F)c(F)c2)c2cccc([N+](=O)[O-])c2)cc1. The number of ether oxygens (including phenoxy) is 1. The average molecular weight is 398 g/mol. The van der Waals surface area contributed by atoms with Gasteiger partial charge in [-0.1, -0.05) is 30.3 Å². The molecule has 2 unspecified atom stereocenters. The first-order valence-electron chi connectivity index (χ1n) is 8.98. The molecule has 3 aromatic carbocycles. The van der Waals surface area contributed by atoms with Crippen molar-refractivity contribution in [3.8, 4) is 5.75 Å². The number of nitrogens with zero attached hydrogens (tertiary/aromatic N) is 1. The zero-order valence-corrected chi connectivity index (χ0v) is 15.9. The van der Waals surface area contributed by atoms with Crippen LogP contribution < -0.4 is 10.1 Å². The third kappa shape index (κ3) is 4.75. The monoisotopic (exact) mass is 398 g/mol. The molecule has 150 valence electrons. The first-order chi connectivity index (χ1) is 13.9. The van der Waals surface area contributed by atoms with Crippen LogP contribution >= 0.6 is 0 Å². The molecular weight excluding hydrogens is 378 g/mol. The number of methoxy groups -OCH3 is 1. The molecule has 0 aromatic heterocycles. The first-order valence-corrected chi connectivity index (χ1v) is 8.98. The zero-order valence-electron chi connectivity index (χ0n) is 15.9. The number of hydrogen-bond donors (Lipinski definition) is 1. The Labute approximate surface area is 167 Å². The Kier molecular flexibility index (Phi) is 6.19. The number of non-ortho nitro benzene ring substituents is 1. The number of hydrogen-bond acceptors (Lipinski definition) is 4. The molecule has 3 rings (SSSR count). The largest absolute Gasteiger partial charge is 0.497 e. The fraction of sp³-hybridized carbons (Fsp3) is 0.182. The van der Waals surface area contributed by atoms with Crippen LogP contribution in [0, 0.1) is 21.7 Å². The van der Waals surface area contributed by atoms with E-state index in [1.807, 2.05) is 19.1 Å². The second-order valence-electron chi connectivity index (χ2n) is 6.62. The highest BCUT2D eigenvalue weighted by molar-refractivity contribution is 5.41. The summed E-state index contributed by atoms with van der Waals surface area (Å²) in [5.74, 6) is -1.15. The van der Waals surface area contributed by atoms with Gasteiger partial charge in [0.25, 0.3) is 5.69 Å². The van der Waals surface area contributed by atoms with Crippen LogP contribution in [0.15, 0.2) is 66.7 Å². The summed E-state index contributed by atoms with van der Waals surface area (Å²) < 4.78 is 32.1. The van der Waals surface area contributed by atoms with E-state index in [-0.39, 0.29) is 11.7 Å². The molecule has 0 aliphatic rings. The summed E-state index contributed by atoms with van der Waals surface area (Å²) >= 11 is 0. The first kappa shape index (κ1) is 20.4. The number of nitro groups is 1. The van der Waals surface area contributed by atoms with Crippen LogP contribution in [0.5, 0.6) is 5.75 Å². The van der Waals surface area contributed by atoms with E-state index in [1.165, 1.54) is 18.2 Å². The lowest BCUT2D eigenvalue weighted by atomic mass is 9.96. The van der Waals surface area contributed by atoms with E-state index in [1.54, 1.807) is 31.4 Å². The van der Waals surface area contributed by atoms with Crippen molar-refractivity contribution < 1.29 is 18.4 Å². The smallest absolute Gasteiger partial charge is 0.269 e. The van der Waals surface area contributed by atoms with Crippen molar-refractivity contribution in [3.63, 3.8) is 0 Å². The summed E-state index contributed by atoms with van der Waals surface area (Å²) in [6.07, 6.45) is 0. The molecule has 0 spiro atoms. The Balaban J connectivity index is 1.98. The molecule has 0 bridgehead atoms. The Hall–Kier alpha value is -3.32. The lowest BCUT2D eigenvalue weighted by molar-refractivity contribution is -0.384. The van der Waals surface area contributed by atoms with E-state index in [2.05, 4.69) is 5.32 Å². The van der Waals surface area contributed by atoms with Gasteiger partial charge in [0.15, 0.2) is 11.6 Å². The molecule has 0 saturated heterocycles. The van der Waals surface area contributed by atoms with Crippen LogP contribution in [-0.4, -0.2) is 12.0 Å². The van der Waals surface area contributed by atoms with E-state index < -0.39 is 22.6 Å². The Bertz CT molecular complexity index is 1010. The van der Waals surface area contributed by atoms with E-state index in [0.29, 0.717) is 16.9 Å². The minimum atomic E-state index is -0.924. The van der Waals surface area contributed by atoms with Crippen LogP contribution in [0.4, 0.5) is 14.5 Å². The van der Waals surface area contributed by atoms with Crippen molar-refractivity contribution in [1.82, 2.24) is 5.32 Å². The van der Waals surface area contributed by atoms with Crippen molar-refractivity contribution in [2.75, 3.05) is 7.11 Å². The minimum Gasteiger partial charge on any atom is -0.497 e. The van der Waals surface area contributed by atoms with E-state index in [0.717, 1.165) is 17.7 Å². The van der Waals surface area contributed by atoms with Gasteiger partial charge in [0.05, 0.1) is 18.1 Å². The third-order valence-corrected chi connectivity index (χ3v) is 4.72. The maximum atomic E-state index is 13.7. The Morgan fingerprint density at radius 2 is 1.62 bits per heavy atom. The molecule has 0 saturated carbocycles. The summed E-state index contributed by atoms with van der Waals surface area (Å²) in [5, 5.41) is 14.6. The quantitative estimate of drug-likeness (QED) is 0.432. The average Bonchev–Trinajstić information content (AvgIpc) is 2.74. The molecule has 7 heteroatoms. The van der Waals surface area contributed by atoms with Gasteiger partial charge >= 0.3 is 0 Å². The standard InChI is InChI=1S/C22H20F2N2O3/c1-14(16-8-11-20(23)21(24)13-16)25-22(15-6-9-19(29-2)10-7-15)17-4-3-5-18(12-17)26(27)28/h3-14,22,25H,1-2H3. The molecule has 29 heavy (non-hydrogen) atoms. The predicted octanol–water partition coefficient (Wildman–Crippen LogP) is 5.32. The van der Waals surface area contributed by atoms with Crippen molar-refractivity contribution in [1.29, 1.82) is 0 Å². The van der Waals surface area contributed by atoms with Crippen LogP contribution in [0.3, 0.4) is 0 Å². The van der Waals surface area contributed by atoms with Crippen LogP contribution in [0.1, 0.15) is 35.7 Å². The minimum absolute atomic E-state index is 0.0247. The van der Waals surface area contributed by atoms with E-state index in [9.17, 15) is 18.9 Å². The Morgan fingerprint density at radius 3 is 2.24 bits per heavy atom. The summed E-state index contributed by atoms with van der Waals surface area (Å²) in [5.41, 5.74) is 2.07. The van der Waals surface area contributed by atoms with Gasteiger partial charge in [0.1, 0.15) is 5.75 Å². The lowest BCUT2D eigenvalue weighted by Gasteiger charge is -2.25. The van der Waals surface area contributed by atoms with Gasteiger partial charge in [-0.15, -0.1) is 0 Å². The van der Waals surface area contributed by atoms with Gasteiger partial charge in [-0.05, 0) is 47.9 Å². The molecule has 0 heterocycles. The van der Waals surface area contributed by atoms with Gasteiger partial charge in [-0.2, -0.15) is 0 Å². The van der Waals surface area contributed by atoms with Crippen LogP contribution in [0.2, 0.25) is 0 Å². The second kappa shape index (κ2) is 8.79. The third-order valence-electron chi connectivity index (χ3n) is 4.72. The number of nitrogens with one attached hydrogen (secondary N) is 1. The van der Waals surface area contributed by atoms with Crippen LogP contribution in [-0.2, 0) is 0 Å². The molecule has 0 aliphatic heterocycles. The van der Waals surface area contributed by atoms with Crippen molar-refractivity contribution >= 4 is 5.69 Å². The van der Waals surface area contributed by atoms with Gasteiger partial charge in [0.2, 0.25) is 0 Å². The number of nitro benzene ring substituents is 1. The topological polar surface area (TPSA) is 64.4 Å². The van der Waals surface area contributed by atoms with E-state index in [4.69, 9.17) is 4.74 Å². The maximum Gasteiger partial charge on any atom is 0.269 e. The highest BCUT2D eigenvalue weighted by Crippen LogP contribution is 2.29. The lowest BCUT2D eigenvalue weighted by Crippen LogP contribution is -2.26. The van der Waals surface area contributed by atoms with Gasteiger partial charge < -0.3 is 4.74 Å². The molecule has 3 aromatic rings. The molecule has 0 amide bonds. The van der Waals surface area contributed by atoms with E-state index >= 15 is 0 Å². The number of rotatable bonds is 7. The van der Waals surface area contributed by atoms with Gasteiger partial charge in [0, 0.05) is 18.2 Å². The normalized spacial score (nSPS) is 13.0. The molecule has 5 nitrogen and oxygen atoms in total. The van der Waals surface area contributed by atoms with Gasteiger partial charge in [-0.25, -0.2) is 8.78 Å². The summed E-state index contributed by atoms with van der Waals surface area (Å²) in [6, 6.07) is 16.6. The molecule has 0 aliphatic carbocycles. The van der Waals surface area contributed by atoms with Crippen molar-refractivity contribution in [2.24, 2.45) is 0 Å². The number of halogens is 2. The van der Waals surface area contributed by atoms with Crippen molar-refractivity contribution in [2.45, 2.75) is 19.0 Å². The predicted molar refractivity (Wildman–Crippen MR) is 106 cm³/mol. The fourth-order valence-corrected chi connectivity index (χ4v) is 3.13. The summed E-state index contributed by atoms with van der Waals surface area (Å²) in [6.45, 7) is 1.82. The fourth-order valence-electron chi connectivity index (χ4n) is 3.13. The molecule has 0 radical (unpaired) electrons. The molecular formula is C22H20F2N2O3. The zero-order chi connectivity index (χ0) is 21.0. The van der Waals surface area contributed by atoms with Crippen LogP contribution in [0.25, 0.3) is 0 Å². The summed E-state index contributed by atoms with van der Waals surface area (Å²) in [4.78, 5) is 10.7. The Morgan fingerprint density at radius 1 is 0.931 bits per heavy atom. The molecule has 1 N–H and O–H groups in total. The highest BCUT2D eigenvalue weighted by atomic mass is 19.2. The maximum absolute atomic E-state index is 13.7. The van der Waals surface area contributed by atoms with Crippen molar-refractivity contribution in [3.05, 3.63) is 105 Å². The number of benzene rings is 3. The molecule has 2 atom stereocenters. The molecule has 0 fully saturated rings. The second-order valence-corrected chi connectivity index (χ2v) is 6.62. The van der Waals surface area contributed by atoms with Gasteiger partial charge in [-0.3, -0.25) is 15.4 Å². The summed E-state index contributed by atoms with van der Waals surface area (Å²) in [7, 11) is 1.57. The highest BCUT2D eigenvalue weighted by Gasteiger charge is 2.20.